The van der Waals surface area contributed by atoms with Gasteiger partial charge >= 0.3 is 0 Å². The maximum absolute atomic E-state index is 13.3. The summed E-state index contributed by atoms with van der Waals surface area (Å²) in [5, 5.41) is 2.95. The predicted molar refractivity (Wildman–Crippen MR) is 118 cm³/mol. The molecular weight excluding hydrogens is 428 g/mol. The van der Waals surface area contributed by atoms with Gasteiger partial charge in [-0.15, -0.1) is 0 Å². The van der Waals surface area contributed by atoms with Crippen LogP contribution in [0.3, 0.4) is 0 Å². The van der Waals surface area contributed by atoms with E-state index < -0.39 is 0 Å². The molecule has 4 atom stereocenters. The molecule has 0 saturated carbocycles. The molecule has 4 rings (SSSR count). The van der Waals surface area contributed by atoms with Gasteiger partial charge in [-0.05, 0) is 56.8 Å². The summed E-state index contributed by atoms with van der Waals surface area (Å²) in [4.78, 5) is 28.2. The summed E-state index contributed by atoms with van der Waals surface area (Å²) in [6.07, 6.45) is 3.18. The van der Waals surface area contributed by atoms with Crippen LogP contribution in [0.1, 0.15) is 46.7 Å². The van der Waals surface area contributed by atoms with E-state index in [1.54, 1.807) is 12.1 Å². The third-order valence-electron chi connectivity index (χ3n) is 6.67. The molecule has 1 amide bonds. The first-order valence-electron chi connectivity index (χ1n) is 10.3. The minimum Gasteiger partial charge on any atom is -0.348 e. The normalized spacial score (nSPS) is 26.3. The molecule has 4 nitrogen and oxygen atoms in total. The molecule has 2 bridgehead atoms. The summed E-state index contributed by atoms with van der Waals surface area (Å²) in [5.74, 6) is 0.00990. The van der Waals surface area contributed by atoms with Crippen LogP contribution >= 0.6 is 15.9 Å². The number of nitrogens with zero attached hydrogens (tertiary/aromatic N) is 1. The van der Waals surface area contributed by atoms with Gasteiger partial charge in [-0.25, -0.2) is 0 Å². The van der Waals surface area contributed by atoms with Crippen LogP contribution in [0, 0.1) is 12.8 Å². The van der Waals surface area contributed by atoms with Crippen LogP contribution in [0.2, 0.25) is 0 Å². The van der Waals surface area contributed by atoms with Gasteiger partial charge in [0.25, 0.3) is 0 Å². The summed E-state index contributed by atoms with van der Waals surface area (Å²) in [5.41, 5.74) is 3.08. The maximum atomic E-state index is 13.3. The van der Waals surface area contributed by atoms with Crippen LogP contribution in [0.5, 0.6) is 0 Å². The highest BCUT2D eigenvalue weighted by Crippen LogP contribution is 2.46. The number of nitrogens with one attached hydrogen (secondary N) is 1. The number of rotatable bonds is 5. The largest absolute Gasteiger partial charge is 0.348 e. The predicted octanol–water partition coefficient (Wildman–Crippen LogP) is 4.32. The summed E-state index contributed by atoms with van der Waals surface area (Å²) in [7, 11) is 2.14. The number of ketones is 1. The van der Waals surface area contributed by atoms with Crippen molar-refractivity contribution in [1.29, 1.82) is 0 Å². The molecule has 2 aliphatic rings. The molecule has 2 saturated heterocycles. The van der Waals surface area contributed by atoms with Crippen molar-refractivity contribution in [3.8, 4) is 0 Å². The lowest BCUT2D eigenvalue weighted by Crippen LogP contribution is -2.52. The number of hydrogen-bond donors (Lipinski definition) is 1. The minimum atomic E-state index is -0.126. The fourth-order valence-corrected chi connectivity index (χ4v) is 5.27. The molecule has 0 aromatic heterocycles. The summed E-state index contributed by atoms with van der Waals surface area (Å²) in [6, 6.07) is 16.6. The van der Waals surface area contributed by atoms with Gasteiger partial charge in [0, 0.05) is 22.1 Å². The van der Waals surface area contributed by atoms with Gasteiger partial charge in [0.05, 0.1) is 12.5 Å². The zero-order valence-corrected chi connectivity index (χ0v) is 18.5. The lowest BCUT2D eigenvalue weighted by Gasteiger charge is -2.42. The summed E-state index contributed by atoms with van der Waals surface area (Å²) >= 11 is 3.38. The van der Waals surface area contributed by atoms with Crippen molar-refractivity contribution in [2.45, 2.75) is 44.2 Å². The Balaban J connectivity index is 1.51. The van der Waals surface area contributed by atoms with E-state index in [0.29, 0.717) is 11.6 Å². The molecule has 2 aromatic carbocycles. The van der Waals surface area contributed by atoms with Crippen LogP contribution < -0.4 is 5.32 Å². The number of fused-ring (bicyclic) bond motifs is 2. The van der Waals surface area contributed by atoms with Crippen molar-refractivity contribution in [3.05, 3.63) is 69.7 Å². The third-order valence-corrected chi connectivity index (χ3v) is 7.20. The molecule has 0 unspecified atom stereocenters. The topological polar surface area (TPSA) is 49.4 Å². The highest BCUT2D eigenvalue weighted by atomic mass is 79.9. The Morgan fingerprint density at radius 3 is 2.45 bits per heavy atom. The van der Waals surface area contributed by atoms with Crippen molar-refractivity contribution in [3.63, 3.8) is 0 Å². The van der Waals surface area contributed by atoms with Gasteiger partial charge in [-0.2, -0.15) is 0 Å². The molecule has 152 valence electrons. The van der Waals surface area contributed by atoms with Gasteiger partial charge in [-0.3, -0.25) is 14.5 Å². The maximum Gasteiger partial charge on any atom is 0.225 e. The average Bonchev–Trinajstić information content (AvgIpc) is 2.95. The number of aryl methyl sites for hydroxylation is 1. The Morgan fingerprint density at radius 1 is 1.07 bits per heavy atom. The van der Waals surface area contributed by atoms with E-state index >= 15 is 0 Å². The van der Waals surface area contributed by atoms with Gasteiger partial charge in [0.15, 0.2) is 5.78 Å². The molecule has 0 spiro atoms. The van der Waals surface area contributed by atoms with Gasteiger partial charge in [0.2, 0.25) is 5.91 Å². The summed E-state index contributed by atoms with van der Waals surface area (Å²) in [6.45, 7) is 2.12. The number of piperidine rings is 1. The highest BCUT2D eigenvalue weighted by Gasteiger charge is 2.48. The minimum absolute atomic E-state index is 0.00163. The SMILES string of the molecule is Cc1ccc([C@H]2C[C@@H]3CC[C@H]([C@H]2C(=O)NCC(=O)c2ccc(Br)cc2)N3C)cc1. The smallest absolute Gasteiger partial charge is 0.225 e. The van der Waals surface area contributed by atoms with Crippen LogP contribution in [-0.4, -0.2) is 42.3 Å². The molecule has 0 radical (unpaired) electrons. The number of hydrogen-bond acceptors (Lipinski definition) is 3. The fraction of sp³-hybridized carbons (Fsp3) is 0.417. The summed E-state index contributed by atoms with van der Waals surface area (Å²) < 4.78 is 0.931. The van der Waals surface area contributed by atoms with Crippen LogP contribution in [-0.2, 0) is 4.79 Å². The van der Waals surface area contributed by atoms with E-state index in [2.05, 4.69) is 64.4 Å². The molecule has 1 N–H and O–H groups in total. The number of benzene rings is 2. The lowest BCUT2D eigenvalue weighted by atomic mass is 9.75. The van der Waals surface area contributed by atoms with E-state index in [9.17, 15) is 9.59 Å². The average molecular weight is 455 g/mol. The quantitative estimate of drug-likeness (QED) is 0.684. The van der Waals surface area contributed by atoms with Crippen molar-refractivity contribution in [2.75, 3.05) is 13.6 Å². The van der Waals surface area contributed by atoms with Crippen LogP contribution in [0.25, 0.3) is 0 Å². The van der Waals surface area contributed by atoms with E-state index in [1.807, 2.05) is 12.1 Å². The second kappa shape index (κ2) is 8.41. The number of carbonyl (C=O) groups is 2. The Labute approximate surface area is 180 Å². The highest BCUT2D eigenvalue weighted by molar-refractivity contribution is 9.10. The first kappa shape index (κ1) is 20.3. The molecule has 5 heteroatoms. The standard InChI is InChI=1S/C24H27BrN2O2/c1-15-3-5-16(6-4-15)20-13-19-11-12-21(27(19)2)23(20)24(29)26-14-22(28)17-7-9-18(25)10-8-17/h3-10,19-21,23H,11-14H2,1-2H3,(H,26,29)/t19-,20+,21+,23-/m0/s1. The number of halogens is 1. The lowest BCUT2D eigenvalue weighted by molar-refractivity contribution is -0.129. The molecule has 0 aliphatic carbocycles. The Morgan fingerprint density at radius 2 is 1.76 bits per heavy atom. The Kier molecular flexibility index (Phi) is 5.88. The molecular formula is C24H27BrN2O2. The van der Waals surface area contributed by atoms with Crippen LogP contribution in [0.15, 0.2) is 53.0 Å². The van der Waals surface area contributed by atoms with E-state index in [0.717, 1.165) is 23.7 Å². The van der Waals surface area contributed by atoms with Crippen molar-refractivity contribution in [2.24, 2.45) is 5.92 Å². The van der Waals surface area contributed by atoms with E-state index in [-0.39, 0.29) is 36.1 Å². The monoisotopic (exact) mass is 454 g/mol. The first-order chi connectivity index (χ1) is 13.9. The first-order valence-corrected chi connectivity index (χ1v) is 11.1. The van der Waals surface area contributed by atoms with Crippen molar-refractivity contribution < 1.29 is 9.59 Å². The zero-order chi connectivity index (χ0) is 20.5. The van der Waals surface area contributed by atoms with Gasteiger partial charge in [0.1, 0.15) is 0 Å². The zero-order valence-electron chi connectivity index (χ0n) is 16.9. The molecule has 2 fully saturated rings. The van der Waals surface area contributed by atoms with E-state index in [1.165, 1.54) is 11.1 Å². The van der Waals surface area contributed by atoms with Crippen molar-refractivity contribution in [1.82, 2.24) is 10.2 Å². The Hall–Kier alpha value is -1.98. The number of Topliss-reactive ketones (excluding diaryl/α,β-unsaturated/α-hetero) is 1. The molecule has 2 aromatic rings. The molecule has 29 heavy (non-hydrogen) atoms. The van der Waals surface area contributed by atoms with Gasteiger partial charge in [-0.1, -0.05) is 57.9 Å². The van der Waals surface area contributed by atoms with Crippen LogP contribution in [0.4, 0.5) is 0 Å². The number of carbonyl (C=O) groups excluding carboxylic acids is 2. The fourth-order valence-electron chi connectivity index (χ4n) is 5.00. The van der Waals surface area contributed by atoms with E-state index in [4.69, 9.17) is 0 Å². The van der Waals surface area contributed by atoms with Crippen molar-refractivity contribution >= 4 is 27.6 Å². The third kappa shape index (κ3) is 4.17. The second-order valence-corrected chi connectivity index (χ2v) is 9.31. The van der Waals surface area contributed by atoms with Gasteiger partial charge < -0.3 is 5.32 Å². The molecule has 2 aliphatic heterocycles. The number of amides is 1. The second-order valence-electron chi connectivity index (χ2n) is 8.39. The molecule has 2 heterocycles. The Bertz CT molecular complexity index is 894.